The Kier molecular flexibility index (Phi) is 4.85. The van der Waals surface area contributed by atoms with E-state index in [4.69, 9.17) is 4.43 Å². The van der Waals surface area contributed by atoms with E-state index in [0.29, 0.717) is 5.82 Å². The first-order valence-corrected chi connectivity index (χ1v) is 9.86. The van der Waals surface area contributed by atoms with E-state index in [-0.39, 0.29) is 0 Å². The summed E-state index contributed by atoms with van der Waals surface area (Å²) in [4.78, 5) is 13.3. The van der Waals surface area contributed by atoms with Gasteiger partial charge in [-0.05, 0) is 57.6 Å². The second kappa shape index (κ2) is 6.63. The van der Waals surface area contributed by atoms with Crippen LogP contribution in [0.25, 0.3) is 0 Å². The Morgan fingerprint density at radius 2 is 1.95 bits per heavy atom. The van der Waals surface area contributed by atoms with E-state index in [2.05, 4.69) is 35.0 Å². The number of rotatable bonds is 4. The monoisotopic (exact) mass is 299 g/mol. The van der Waals surface area contributed by atoms with Crippen molar-refractivity contribution in [2.45, 2.75) is 33.9 Å². The Morgan fingerprint density at radius 1 is 1.19 bits per heavy atom. The zero-order valence-electron chi connectivity index (χ0n) is 13.2. The van der Waals surface area contributed by atoms with Gasteiger partial charge in [0.1, 0.15) is 11.4 Å². The van der Waals surface area contributed by atoms with Crippen molar-refractivity contribution < 1.29 is 4.43 Å². The first-order valence-electron chi connectivity index (χ1n) is 7.08. The topological polar surface area (TPSA) is 47.4 Å². The van der Waals surface area contributed by atoms with Gasteiger partial charge in [0.05, 0.1) is 5.71 Å². The highest BCUT2D eigenvalue weighted by Gasteiger charge is 2.08. The Hall–Kier alpha value is -2.01. The van der Waals surface area contributed by atoms with Crippen molar-refractivity contribution in [2.24, 2.45) is 4.99 Å². The van der Waals surface area contributed by atoms with Crippen LogP contribution in [0.4, 0.5) is 5.69 Å². The predicted octanol–water partition coefficient (Wildman–Crippen LogP) is 3.60. The lowest BCUT2D eigenvalue weighted by atomic mass is 10.2. The van der Waals surface area contributed by atoms with Gasteiger partial charge in [-0.2, -0.15) is 0 Å². The second-order valence-electron chi connectivity index (χ2n) is 5.36. The Bertz CT molecular complexity index is 668. The van der Waals surface area contributed by atoms with Crippen molar-refractivity contribution in [1.82, 2.24) is 9.97 Å². The molecule has 2 rings (SSSR count). The van der Waals surface area contributed by atoms with Crippen LogP contribution >= 0.6 is 0 Å². The van der Waals surface area contributed by atoms with Crippen LogP contribution in [-0.4, -0.2) is 24.7 Å². The molecule has 0 N–H and O–H groups in total. The van der Waals surface area contributed by atoms with Gasteiger partial charge in [0.15, 0.2) is 5.82 Å². The molecule has 0 spiro atoms. The lowest BCUT2D eigenvalue weighted by molar-refractivity contribution is 0.581. The summed E-state index contributed by atoms with van der Waals surface area (Å²) in [5.41, 5.74) is 3.73. The molecule has 21 heavy (non-hydrogen) atoms. The smallest absolute Gasteiger partial charge is 0.229 e. The van der Waals surface area contributed by atoms with Crippen LogP contribution in [0.2, 0.25) is 13.1 Å². The van der Waals surface area contributed by atoms with Crippen LogP contribution in [0.5, 0.6) is 5.75 Å². The third kappa shape index (κ3) is 4.22. The van der Waals surface area contributed by atoms with Crippen molar-refractivity contribution in [3.8, 4) is 5.75 Å². The number of benzene rings is 1. The standard InChI is InChI=1S/C16H21N3OSi/c1-11-6-7-14(15(10-11)20-21(4)5)19-13(3)16-17-9-8-12(2)18-16/h6-10,21H,1-5H3. The van der Waals surface area contributed by atoms with Gasteiger partial charge in [-0.25, -0.2) is 15.0 Å². The third-order valence-corrected chi connectivity index (χ3v) is 3.61. The Morgan fingerprint density at radius 3 is 2.62 bits per heavy atom. The molecule has 4 nitrogen and oxygen atoms in total. The number of hydrogen-bond acceptors (Lipinski definition) is 4. The minimum absolute atomic E-state index is 0.656. The van der Waals surface area contributed by atoms with E-state index in [1.807, 2.05) is 38.1 Å². The maximum absolute atomic E-state index is 5.98. The Labute approximate surface area is 127 Å². The molecule has 5 heteroatoms. The number of aliphatic imine (C=N–C) groups is 1. The van der Waals surface area contributed by atoms with Crippen LogP contribution in [0.3, 0.4) is 0 Å². The quantitative estimate of drug-likeness (QED) is 0.640. The van der Waals surface area contributed by atoms with Crippen molar-refractivity contribution >= 4 is 20.4 Å². The third-order valence-electron chi connectivity index (χ3n) is 2.88. The SMILES string of the molecule is CC(=Nc1ccc(C)cc1O[SiH](C)C)c1nccc(C)n1. The lowest BCUT2D eigenvalue weighted by Crippen LogP contribution is -2.11. The molecule has 0 aliphatic carbocycles. The minimum atomic E-state index is -1.17. The number of nitrogens with zero attached hydrogens (tertiary/aromatic N) is 3. The first-order chi connectivity index (χ1) is 9.95. The first kappa shape index (κ1) is 15.4. The van der Waals surface area contributed by atoms with Gasteiger partial charge in [-0.1, -0.05) is 6.07 Å². The summed E-state index contributed by atoms with van der Waals surface area (Å²) >= 11 is 0. The summed E-state index contributed by atoms with van der Waals surface area (Å²) in [6.45, 7) is 10.2. The van der Waals surface area contributed by atoms with Crippen LogP contribution in [0.1, 0.15) is 24.0 Å². The molecule has 1 heterocycles. The van der Waals surface area contributed by atoms with E-state index in [0.717, 1.165) is 22.8 Å². The molecule has 0 fully saturated rings. The summed E-state index contributed by atoms with van der Waals surface area (Å²) in [6.07, 6.45) is 1.75. The van der Waals surface area contributed by atoms with Crippen LogP contribution in [-0.2, 0) is 0 Å². The Balaban J connectivity index is 2.39. The largest absolute Gasteiger partial charge is 0.546 e. The predicted molar refractivity (Wildman–Crippen MR) is 89.3 cm³/mol. The van der Waals surface area contributed by atoms with Gasteiger partial charge in [-0.3, -0.25) is 0 Å². The normalized spacial score (nSPS) is 11.8. The van der Waals surface area contributed by atoms with E-state index in [1.54, 1.807) is 6.20 Å². The molecular formula is C16H21N3OSi. The molecule has 0 aliphatic rings. The van der Waals surface area contributed by atoms with Crippen LogP contribution < -0.4 is 4.43 Å². The van der Waals surface area contributed by atoms with E-state index < -0.39 is 9.04 Å². The van der Waals surface area contributed by atoms with Gasteiger partial charge in [0, 0.05) is 11.9 Å². The second-order valence-corrected chi connectivity index (χ2v) is 7.69. The molecule has 110 valence electrons. The average molecular weight is 299 g/mol. The molecular weight excluding hydrogens is 278 g/mol. The van der Waals surface area contributed by atoms with Crippen molar-refractivity contribution in [1.29, 1.82) is 0 Å². The number of aryl methyl sites for hydroxylation is 2. The molecule has 0 atom stereocenters. The average Bonchev–Trinajstić information content (AvgIpc) is 2.41. The van der Waals surface area contributed by atoms with Crippen molar-refractivity contribution in [3.05, 3.63) is 47.5 Å². The minimum Gasteiger partial charge on any atom is -0.546 e. The molecule has 2 aromatic rings. The molecule has 1 aromatic heterocycles. The summed E-state index contributed by atoms with van der Waals surface area (Å²) in [6, 6.07) is 7.94. The highest BCUT2D eigenvalue weighted by molar-refractivity contribution is 6.49. The summed E-state index contributed by atoms with van der Waals surface area (Å²) in [5.74, 6) is 1.51. The highest BCUT2D eigenvalue weighted by Crippen LogP contribution is 2.29. The molecule has 1 aromatic carbocycles. The molecule has 0 radical (unpaired) electrons. The molecule has 0 amide bonds. The van der Waals surface area contributed by atoms with E-state index >= 15 is 0 Å². The van der Waals surface area contributed by atoms with Gasteiger partial charge >= 0.3 is 0 Å². The van der Waals surface area contributed by atoms with Crippen LogP contribution in [0.15, 0.2) is 35.5 Å². The fourth-order valence-corrected chi connectivity index (χ4v) is 2.61. The van der Waals surface area contributed by atoms with E-state index in [9.17, 15) is 0 Å². The van der Waals surface area contributed by atoms with Crippen molar-refractivity contribution in [3.63, 3.8) is 0 Å². The summed E-state index contributed by atoms with van der Waals surface area (Å²) in [7, 11) is -1.17. The highest BCUT2D eigenvalue weighted by atomic mass is 28.3. The van der Waals surface area contributed by atoms with Gasteiger partial charge in [0.2, 0.25) is 9.04 Å². The van der Waals surface area contributed by atoms with E-state index in [1.165, 1.54) is 5.56 Å². The zero-order valence-corrected chi connectivity index (χ0v) is 14.4. The number of aromatic nitrogens is 2. The molecule has 0 bridgehead atoms. The maximum atomic E-state index is 5.98. The molecule has 0 saturated carbocycles. The maximum Gasteiger partial charge on any atom is 0.229 e. The zero-order chi connectivity index (χ0) is 15.4. The van der Waals surface area contributed by atoms with Crippen LogP contribution in [0, 0.1) is 13.8 Å². The molecule has 0 unspecified atom stereocenters. The van der Waals surface area contributed by atoms with Gasteiger partial charge < -0.3 is 4.43 Å². The fourth-order valence-electron chi connectivity index (χ4n) is 1.92. The lowest BCUT2D eigenvalue weighted by Gasteiger charge is -2.13. The molecule has 0 saturated heterocycles. The summed E-state index contributed by atoms with van der Waals surface area (Å²) in [5, 5.41) is 0. The van der Waals surface area contributed by atoms with Gasteiger partial charge in [-0.15, -0.1) is 0 Å². The summed E-state index contributed by atoms with van der Waals surface area (Å²) < 4.78 is 5.98. The molecule has 0 aliphatic heterocycles. The van der Waals surface area contributed by atoms with Gasteiger partial charge in [0.25, 0.3) is 0 Å². The number of hydrogen-bond donors (Lipinski definition) is 0. The fraction of sp³-hybridized carbons (Fsp3) is 0.312. The van der Waals surface area contributed by atoms with Crippen molar-refractivity contribution in [2.75, 3.05) is 0 Å².